The zero-order valence-electron chi connectivity index (χ0n) is 17.9. The van der Waals surface area contributed by atoms with Gasteiger partial charge in [-0.3, -0.25) is 4.98 Å². The van der Waals surface area contributed by atoms with Gasteiger partial charge in [-0.15, -0.1) is 0 Å². The molecule has 1 unspecified atom stereocenters. The van der Waals surface area contributed by atoms with Crippen LogP contribution in [0.1, 0.15) is 76.3 Å². The fourth-order valence-electron chi connectivity index (χ4n) is 3.34. The number of hydrogen-bond acceptors (Lipinski definition) is 4. The van der Waals surface area contributed by atoms with E-state index in [4.69, 9.17) is 4.52 Å². The van der Waals surface area contributed by atoms with Crippen LogP contribution in [0.25, 0.3) is 0 Å². The minimum Gasteiger partial charge on any atom is -0.359 e. The molecular weight excluding hydrogens is 350 g/mol. The van der Waals surface area contributed by atoms with Crippen molar-refractivity contribution in [1.82, 2.24) is 20.8 Å². The molecule has 2 N–H and O–H groups in total. The van der Waals surface area contributed by atoms with Crippen molar-refractivity contribution in [1.29, 1.82) is 0 Å². The van der Waals surface area contributed by atoms with Gasteiger partial charge in [0.2, 0.25) is 0 Å². The largest absolute Gasteiger partial charge is 0.359 e. The Morgan fingerprint density at radius 3 is 2.57 bits per heavy atom. The molecule has 2 aromatic heterocycles. The van der Waals surface area contributed by atoms with Crippen LogP contribution in [0, 0.1) is 5.92 Å². The molecule has 0 saturated carbocycles. The van der Waals surface area contributed by atoms with E-state index < -0.39 is 0 Å². The van der Waals surface area contributed by atoms with Crippen LogP contribution in [0.3, 0.4) is 0 Å². The Labute approximate surface area is 169 Å². The Morgan fingerprint density at radius 2 is 1.96 bits per heavy atom. The third kappa shape index (κ3) is 6.36. The van der Waals surface area contributed by atoms with Crippen LogP contribution in [0.4, 0.5) is 0 Å². The maximum absolute atomic E-state index is 5.49. The summed E-state index contributed by atoms with van der Waals surface area (Å²) >= 11 is 0. The highest BCUT2D eigenvalue weighted by atomic mass is 16.5. The number of nitrogens with zero attached hydrogens (tertiary/aromatic N) is 3. The van der Waals surface area contributed by atoms with E-state index >= 15 is 0 Å². The Kier molecular flexibility index (Phi) is 8.98. The van der Waals surface area contributed by atoms with Crippen molar-refractivity contribution in [2.24, 2.45) is 10.9 Å². The van der Waals surface area contributed by atoms with E-state index in [1.807, 2.05) is 24.5 Å². The first-order valence-electron chi connectivity index (χ1n) is 10.5. The molecular formula is C22H35N5O. The lowest BCUT2D eigenvalue weighted by molar-refractivity contribution is 0.372. The molecule has 2 heterocycles. The number of pyridine rings is 1. The number of aromatic nitrogens is 2. The second-order valence-corrected chi connectivity index (χ2v) is 7.44. The maximum atomic E-state index is 5.49. The average Bonchev–Trinajstić information content (AvgIpc) is 3.16. The molecule has 0 spiro atoms. The zero-order valence-corrected chi connectivity index (χ0v) is 17.9. The van der Waals surface area contributed by atoms with Gasteiger partial charge in [0.05, 0.1) is 5.69 Å². The zero-order chi connectivity index (χ0) is 20.4. The highest BCUT2D eigenvalue weighted by Crippen LogP contribution is 2.23. The lowest BCUT2D eigenvalue weighted by Crippen LogP contribution is -2.40. The van der Waals surface area contributed by atoms with Crippen LogP contribution in [-0.2, 0) is 6.54 Å². The van der Waals surface area contributed by atoms with E-state index in [9.17, 15) is 0 Å². The van der Waals surface area contributed by atoms with Gasteiger partial charge in [-0.2, -0.15) is 0 Å². The van der Waals surface area contributed by atoms with Crippen LogP contribution in [0.5, 0.6) is 0 Å². The fourth-order valence-corrected chi connectivity index (χ4v) is 3.34. The second-order valence-electron chi connectivity index (χ2n) is 7.44. The SMILES string of the molecule is CCNC(=NCc1cc(C(CC)CC)no1)NCC(c1cccnc1)C(C)C. The molecule has 154 valence electrons. The molecule has 28 heavy (non-hydrogen) atoms. The van der Waals surface area contributed by atoms with Gasteiger partial charge in [-0.25, -0.2) is 4.99 Å². The Hall–Kier alpha value is -2.37. The normalized spacial score (nSPS) is 13.2. The van der Waals surface area contributed by atoms with E-state index in [0.717, 1.165) is 43.3 Å². The molecule has 0 radical (unpaired) electrons. The van der Waals surface area contributed by atoms with Gasteiger partial charge >= 0.3 is 0 Å². The third-order valence-electron chi connectivity index (χ3n) is 5.13. The molecule has 0 aliphatic carbocycles. The maximum Gasteiger partial charge on any atom is 0.191 e. The molecule has 1 atom stereocenters. The summed E-state index contributed by atoms with van der Waals surface area (Å²) in [6, 6.07) is 6.17. The van der Waals surface area contributed by atoms with Gasteiger partial charge in [-0.05, 0) is 37.3 Å². The van der Waals surface area contributed by atoms with Crippen molar-refractivity contribution >= 4 is 5.96 Å². The number of rotatable bonds is 10. The highest BCUT2D eigenvalue weighted by molar-refractivity contribution is 5.79. The van der Waals surface area contributed by atoms with Crippen LogP contribution in [0.2, 0.25) is 0 Å². The summed E-state index contributed by atoms with van der Waals surface area (Å²) < 4.78 is 5.49. The van der Waals surface area contributed by atoms with Crippen LogP contribution in [0.15, 0.2) is 40.1 Å². The van der Waals surface area contributed by atoms with Crippen molar-refractivity contribution in [2.75, 3.05) is 13.1 Å². The Bertz CT molecular complexity index is 707. The van der Waals surface area contributed by atoms with E-state index in [1.54, 1.807) is 0 Å². The number of hydrogen-bond donors (Lipinski definition) is 2. The third-order valence-corrected chi connectivity index (χ3v) is 5.13. The number of aliphatic imine (C=N–C) groups is 1. The van der Waals surface area contributed by atoms with Crippen molar-refractivity contribution < 1.29 is 4.52 Å². The molecule has 0 aliphatic heterocycles. The highest BCUT2D eigenvalue weighted by Gasteiger charge is 2.17. The molecule has 0 bridgehead atoms. The van der Waals surface area contributed by atoms with Gasteiger partial charge in [0.15, 0.2) is 11.7 Å². The first kappa shape index (κ1) is 21.9. The standard InChI is InChI=1S/C22H35N5O/c1-6-17(7-2)21-12-19(28-27-21)14-25-22(24-8-3)26-15-20(16(4)5)18-10-9-11-23-13-18/h9-13,16-17,20H,6-8,14-15H2,1-5H3,(H2,24,25,26). The van der Waals surface area contributed by atoms with Crippen molar-refractivity contribution in [3.63, 3.8) is 0 Å². The molecule has 0 fully saturated rings. The molecule has 6 heteroatoms. The van der Waals surface area contributed by atoms with Gasteiger partial charge in [0.1, 0.15) is 6.54 Å². The molecule has 0 aliphatic rings. The summed E-state index contributed by atoms with van der Waals surface area (Å²) in [5.41, 5.74) is 2.27. The van der Waals surface area contributed by atoms with Gasteiger partial charge in [0.25, 0.3) is 0 Å². The summed E-state index contributed by atoms with van der Waals surface area (Å²) in [5.74, 6) is 2.91. The molecule has 2 rings (SSSR count). The molecule has 6 nitrogen and oxygen atoms in total. The average molecular weight is 386 g/mol. The van der Waals surface area contributed by atoms with Crippen molar-refractivity contribution in [3.8, 4) is 0 Å². The second kappa shape index (κ2) is 11.5. The van der Waals surface area contributed by atoms with E-state index in [0.29, 0.717) is 24.3 Å². The van der Waals surface area contributed by atoms with Crippen LogP contribution >= 0.6 is 0 Å². The molecule has 2 aromatic rings. The van der Waals surface area contributed by atoms with Crippen molar-refractivity contribution in [2.45, 2.75) is 65.8 Å². The fraction of sp³-hybridized carbons (Fsp3) is 0.591. The van der Waals surface area contributed by atoms with Crippen LogP contribution in [-0.4, -0.2) is 29.2 Å². The van der Waals surface area contributed by atoms with Gasteiger partial charge < -0.3 is 15.2 Å². The summed E-state index contributed by atoms with van der Waals surface area (Å²) in [6.45, 7) is 13.0. The quantitative estimate of drug-likeness (QED) is 0.466. The molecule has 0 aromatic carbocycles. The van der Waals surface area contributed by atoms with Crippen LogP contribution < -0.4 is 10.6 Å². The summed E-state index contributed by atoms with van der Waals surface area (Å²) in [4.78, 5) is 8.94. The first-order valence-corrected chi connectivity index (χ1v) is 10.5. The smallest absolute Gasteiger partial charge is 0.191 e. The Balaban J connectivity index is 2.02. The van der Waals surface area contributed by atoms with Gasteiger partial charge in [-0.1, -0.05) is 38.9 Å². The summed E-state index contributed by atoms with van der Waals surface area (Å²) in [5, 5.41) is 11.0. The van der Waals surface area contributed by atoms with E-state index in [2.05, 4.69) is 66.5 Å². The minimum atomic E-state index is 0.365. The predicted octanol–water partition coefficient (Wildman–Crippen LogP) is 4.47. The van der Waals surface area contributed by atoms with E-state index in [1.165, 1.54) is 5.56 Å². The lowest BCUT2D eigenvalue weighted by Gasteiger charge is -2.22. The topological polar surface area (TPSA) is 75.3 Å². The van der Waals surface area contributed by atoms with Crippen molar-refractivity contribution in [3.05, 3.63) is 47.6 Å². The first-order chi connectivity index (χ1) is 13.6. The molecule has 0 amide bonds. The molecule has 0 saturated heterocycles. The monoisotopic (exact) mass is 385 g/mol. The summed E-state index contributed by atoms with van der Waals surface area (Å²) in [7, 11) is 0. The minimum absolute atomic E-state index is 0.365. The predicted molar refractivity (Wildman–Crippen MR) is 114 cm³/mol. The summed E-state index contributed by atoms with van der Waals surface area (Å²) in [6.07, 6.45) is 5.90. The lowest BCUT2D eigenvalue weighted by atomic mass is 9.89. The number of guanidine groups is 1. The van der Waals surface area contributed by atoms with E-state index in [-0.39, 0.29) is 0 Å². The van der Waals surface area contributed by atoms with Gasteiger partial charge in [0, 0.05) is 43.4 Å². The number of nitrogens with one attached hydrogen (secondary N) is 2. The Morgan fingerprint density at radius 1 is 1.18 bits per heavy atom.